The fourth-order valence-corrected chi connectivity index (χ4v) is 4.25. The number of alkyl halides is 6. The topological polar surface area (TPSA) is 26.8 Å². The van der Waals surface area contributed by atoms with Crippen LogP contribution in [0.3, 0.4) is 0 Å². The number of hydrogen-bond acceptors (Lipinski definition) is 3. The van der Waals surface area contributed by atoms with Crippen molar-refractivity contribution in [3.05, 3.63) is 70.8 Å². The summed E-state index contributed by atoms with van der Waals surface area (Å²) in [6, 6.07) is 10.2. The van der Waals surface area contributed by atoms with Crippen molar-refractivity contribution in [1.29, 1.82) is 0 Å². The summed E-state index contributed by atoms with van der Waals surface area (Å²) in [7, 11) is 3.54. The average Bonchev–Trinajstić information content (AvgIpc) is 3.01. The van der Waals surface area contributed by atoms with Gasteiger partial charge in [-0.3, -0.25) is 9.69 Å². The van der Waals surface area contributed by atoms with Gasteiger partial charge in [0.05, 0.1) is 11.1 Å². The van der Waals surface area contributed by atoms with Gasteiger partial charge >= 0.3 is 12.4 Å². The Morgan fingerprint density at radius 1 is 0.914 bits per heavy atom. The zero-order valence-corrected chi connectivity index (χ0v) is 19.7. The van der Waals surface area contributed by atoms with Crippen molar-refractivity contribution in [2.24, 2.45) is 0 Å². The van der Waals surface area contributed by atoms with Crippen molar-refractivity contribution < 1.29 is 31.1 Å². The van der Waals surface area contributed by atoms with Crippen molar-refractivity contribution in [2.75, 3.05) is 46.8 Å². The largest absolute Gasteiger partial charge is 0.416 e. The van der Waals surface area contributed by atoms with Gasteiger partial charge in [-0.05, 0) is 55.8 Å². The van der Waals surface area contributed by atoms with Crippen molar-refractivity contribution in [2.45, 2.75) is 31.2 Å². The van der Waals surface area contributed by atoms with Gasteiger partial charge in [-0.2, -0.15) is 26.3 Å². The highest BCUT2D eigenvalue weighted by atomic mass is 19.4. The Morgan fingerprint density at radius 2 is 1.51 bits per heavy atom. The molecule has 1 aliphatic heterocycles. The Kier molecular flexibility index (Phi) is 8.48. The fourth-order valence-electron chi connectivity index (χ4n) is 4.25. The molecule has 0 spiro atoms. The number of benzene rings is 2. The van der Waals surface area contributed by atoms with Crippen LogP contribution in [-0.4, -0.2) is 67.4 Å². The van der Waals surface area contributed by atoms with Crippen molar-refractivity contribution in [3.8, 4) is 0 Å². The highest BCUT2D eigenvalue weighted by Crippen LogP contribution is 2.36. The van der Waals surface area contributed by atoms with Gasteiger partial charge in [0.15, 0.2) is 0 Å². The van der Waals surface area contributed by atoms with Crippen molar-refractivity contribution >= 4 is 5.91 Å². The minimum atomic E-state index is -4.91. The second-order valence-electron chi connectivity index (χ2n) is 8.93. The van der Waals surface area contributed by atoms with Crippen LogP contribution in [0.1, 0.15) is 34.7 Å². The molecular formula is C25H29F6N3O. The lowest BCUT2D eigenvalue weighted by molar-refractivity contribution is -0.143. The molecule has 3 rings (SSSR count). The predicted octanol–water partition coefficient (Wildman–Crippen LogP) is 5.10. The second kappa shape index (κ2) is 11.0. The number of amides is 1. The highest BCUT2D eigenvalue weighted by Gasteiger charge is 2.37. The van der Waals surface area contributed by atoms with E-state index in [0.29, 0.717) is 25.2 Å². The molecule has 4 nitrogen and oxygen atoms in total. The minimum absolute atomic E-state index is 0.0193. The molecule has 2 aromatic carbocycles. The van der Waals surface area contributed by atoms with Crippen LogP contribution in [0, 0.1) is 0 Å². The predicted molar refractivity (Wildman–Crippen MR) is 121 cm³/mol. The van der Waals surface area contributed by atoms with Crippen LogP contribution in [0.4, 0.5) is 26.3 Å². The summed E-state index contributed by atoms with van der Waals surface area (Å²) in [5.41, 5.74) is -2.04. The van der Waals surface area contributed by atoms with E-state index in [1.165, 1.54) is 11.9 Å². The molecule has 1 saturated heterocycles. The zero-order chi connectivity index (χ0) is 25.8. The van der Waals surface area contributed by atoms with Gasteiger partial charge in [-0.15, -0.1) is 0 Å². The Bertz CT molecular complexity index is 961. The van der Waals surface area contributed by atoms with Crippen molar-refractivity contribution in [1.82, 2.24) is 14.7 Å². The number of carbonyl (C=O) groups is 1. The van der Waals surface area contributed by atoms with Gasteiger partial charge in [0.1, 0.15) is 6.04 Å². The number of hydrogen-bond donors (Lipinski definition) is 0. The van der Waals surface area contributed by atoms with E-state index in [9.17, 15) is 31.1 Å². The molecule has 0 bridgehead atoms. The van der Waals surface area contributed by atoms with Crippen LogP contribution < -0.4 is 0 Å². The third kappa shape index (κ3) is 7.20. The van der Waals surface area contributed by atoms with Crippen LogP contribution in [0.2, 0.25) is 0 Å². The van der Waals surface area contributed by atoms with Crippen molar-refractivity contribution in [3.63, 3.8) is 0 Å². The summed E-state index contributed by atoms with van der Waals surface area (Å²) in [6.07, 6.45) is -9.08. The third-order valence-electron chi connectivity index (χ3n) is 6.23. The van der Waals surface area contributed by atoms with Gasteiger partial charge in [0.25, 0.3) is 0 Å². The first-order valence-corrected chi connectivity index (χ1v) is 11.4. The molecule has 0 radical (unpaired) electrons. The molecule has 1 aliphatic rings. The molecule has 2 aromatic rings. The van der Waals surface area contributed by atoms with E-state index in [4.69, 9.17) is 0 Å². The first-order chi connectivity index (χ1) is 16.4. The number of likely N-dealkylation sites (N-methyl/N-ethyl adjacent to an activating group) is 2. The van der Waals surface area contributed by atoms with Crippen LogP contribution in [0.15, 0.2) is 48.5 Å². The molecule has 0 N–H and O–H groups in total. The molecule has 0 saturated carbocycles. The van der Waals surface area contributed by atoms with E-state index < -0.39 is 29.5 Å². The zero-order valence-electron chi connectivity index (χ0n) is 19.7. The molecule has 10 heteroatoms. The van der Waals surface area contributed by atoms with Crippen LogP contribution in [0.25, 0.3) is 0 Å². The Labute approximate surface area is 201 Å². The Balaban J connectivity index is 1.81. The van der Waals surface area contributed by atoms with Crippen LogP contribution in [0.5, 0.6) is 0 Å². The smallest absolute Gasteiger partial charge is 0.344 e. The van der Waals surface area contributed by atoms with Crippen LogP contribution >= 0.6 is 0 Å². The maximum absolute atomic E-state index is 13.5. The quantitative estimate of drug-likeness (QED) is 0.516. The summed E-state index contributed by atoms with van der Waals surface area (Å²) < 4.78 is 79.1. The minimum Gasteiger partial charge on any atom is -0.344 e. The first kappa shape index (κ1) is 27.0. The van der Waals surface area contributed by atoms with Gasteiger partial charge in [0.2, 0.25) is 5.91 Å². The Morgan fingerprint density at radius 3 is 2.09 bits per heavy atom. The number of nitrogens with zero attached hydrogens (tertiary/aromatic N) is 3. The maximum atomic E-state index is 13.5. The number of carbonyl (C=O) groups excluding carboxylic acids is 1. The van der Waals surface area contributed by atoms with Crippen LogP contribution in [-0.2, 0) is 23.6 Å². The van der Waals surface area contributed by atoms with E-state index >= 15 is 0 Å². The Hall–Kier alpha value is -2.59. The maximum Gasteiger partial charge on any atom is 0.416 e. The molecule has 0 aromatic heterocycles. The third-order valence-corrected chi connectivity index (χ3v) is 6.23. The van der Waals surface area contributed by atoms with E-state index in [1.54, 1.807) is 0 Å². The molecule has 192 valence electrons. The number of rotatable bonds is 6. The lowest BCUT2D eigenvalue weighted by Gasteiger charge is -2.33. The first-order valence-electron chi connectivity index (χ1n) is 11.4. The fraction of sp³-hybridized carbons (Fsp3) is 0.480. The van der Waals surface area contributed by atoms with E-state index in [-0.39, 0.29) is 30.5 Å². The summed E-state index contributed by atoms with van der Waals surface area (Å²) in [6.45, 7) is 3.03. The molecule has 1 amide bonds. The average molecular weight is 502 g/mol. The summed E-state index contributed by atoms with van der Waals surface area (Å²) in [4.78, 5) is 19.2. The molecule has 1 heterocycles. The van der Waals surface area contributed by atoms with E-state index in [1.807, 2.05) is 37.4 Å². The van der Waals surface area contributed by atoms with Gasteiger partial charge < -0.3 is 9.80 Å². The molecule has 1 fully saturated rings. The molecule has 0 aliphatic carbocycles. The molecular weight excluding hydrogens is 472 g/mol. The summed E-state index contributed by atoms with van der Waals surface area (Å²) >= 11 is 0. The SMILES string of the molecule is CN1CCCN(C(C(=O)N(C)CCc2cc(C(F)(F)F)cc(C(F)(F)F)c2)c2ccccc2)CC1. The monoisotopic (exact) mass is 501 g/mol. The molecule has 1 unspecified atom stereocenters. The second-order valence-corrected chi connectivity index (χ2v) is 8.93. The van der Waals surface area contributed by atoms with Gasteiger partial charge in [-0.25, -0.2) is 0 Å². The summed E-state index contributed by atoms with van der Waals surface area (Å²) in [5.74, 6) is -0.247. The normalized spacial score (nSPS) is 17.1. The number of halogens is 6. The lowest BCUT2D eigenvalue weighted by atomic mass is 10.0. The molecule has 35 heavy (non-hydrogen) atoms. The highest BCUT2D eigenvalue weighted by molar-refractivity contribution is 5.83. The van der Waals surface area contributed by atoms with E-state index in [0.717, 1.165) is 25.1 Å². The lowest BCUT2D eigenvalue weighted by Crippen LogP contribution is -2.43. The standard InChI is InChI=1S/C25H29F6N3O/c1-32-10-6-11-34(14-13-32)22(19-7-4-3-5-8-19)23(35)33(2)12-9-18-15-20(24(26,27)28)17-21(16-18)25(29,30)31/h3-5,7-8,15-17,22H,6,9-14H2,1-2H3. The molecule has 1 atom stereocenters. The van der Waals surface area contributed by atoms with E-state index in [2.05, 4.69) is 9.80 Å². The van der Waals surface area contributed by atoms with Gasteiger partial charge in [-0.1, -0.05) is 30.3 Å². The summed E-state index contributed by atoms with van der Waals surface area (Å²) in [5, 5.41) is 0. The van der Waals surface area contributed by atoms with Gasteiger partial charge in [0, 0.05) is 33.2 Å².